The van der Waals surface area contributed by atoms with Crippen molar-refractivity contribution >= 4 is 30.6 Å². The molecule has 1 aromatic rings. The summed E-state index contributed by atoms with van der Waals surface area (Å²) >= 11 is 0. The molecule has 2 nitrogen and oxygen atoms in total. The fourth-order valence-corrected chi connectivity index (χ4v) is 3.19. The maximum Gasteiger partial charge on any atom is 0.355 e. The Balaban J connectivity index is 3.87. The molecule has 0 saturated heterocycles. The Morgan fingerprint density at radius 3 is 1.28 bits per heavy atom. The Kier molecular flexibility index (Phi) is 4.01. The number of benzene rings is 1. The van der Waals surface area contributed by atoms with Crippen molar-refractivity contribution in [3.05, 3.63) is 24.3 Å². The van der Waals surface area contributed by atoms with Gasteiger partial charge in [0.25, 0.3) is 0 Å². The normalized spacial score (nSPS) is 17.7. The number of hydrogen-bond donors (Lipinski definition) is 0. The van der Waals surface area contributed by atoms with Crippen molar-refractivity contribution in [3.63, 3.8) is 0 Å². The maximum atomic E-state index is 13.2. The quantitative estimate of drug-likeness (QED) is 0.478. The van der Waals surface area contributed by atoms with E-state index >= 15 is 0 Å². The molecule has 0 amide bonds. The minimum absolute atomic E-state index is 0.402. The predicted octanol–water partition coefficient (Wildman–Crippen LogP) is 2.80. The average molecular weight is 310 g/mol. The SMILES string of the molecule is O=S(F)(=C(F)F)c1ccccc1S(=O)(F)=C(F)F. The van der Waals surface area contributed by atoms with Crippen LogP contribution in [-0.4, -0.2) is 19.2 Å². The van der Waals surface area contributed by atoms with Crippen molar-refractivity contribution in [3.8, 4) is 0 Å². The van der Waals surface area contributed by atoms with Gasteiger partial charge < -0.3 is 0 Å². The van der Waals surface area contributed by atoms with Crippen LogP contribution in [0, 0.1) is 0 Å². The Bertz CT molecular complexity index is 641. The first-order chi connectivity index (χ1) is 8.11. The Labute approximate surface area is 98.8 Å². The predicted molar refractivity (Wildman–Crippen MR) is 55.9 cm³/mol. The lowest BCUT2D eigenvalue weighted by atomic mass is 10.4. The second-order valence-corrected chi connectivity index (χ2v) is 6.31. The average Bonchev–Trinajstić information content (AvgIpc) is 2.28. The highest BCUT2D eigenvalue weighted by Crippen LogP contribution is 2.28. The van der Waals surface area contributed by atoms with Crippen LogP contribution >= 0.6 is 0 Å². The molecule has 2 unspecified atom stereocenters. The first-order valence-electron chi connectivity index (χ1n) is 4.04. The largest absolute Gasteiger partial charge is 0.355 e. The van der Waals surface area contributed by atoms with Gasteiger partial charge in [-0.05, 0) is 12.1 Å². The Morgan fingerprint density at radius 1 is 0.778 bits per heavy atom. The van der Waals surface area contributed by atoms with Gasteiger partial charge in [-0.3, -0.25) is 0 Å². The molecule has 2 atom stereocenters. The van der Waals surface area contributed by atoms with Gasteiger partial charge in [-0.25, -0.2) is 8.42 Å². The van der Waals surface area contributed by atoms with E-state index in [-0.39, 0.29) is 0 Å². The highest BCUT2D eigenvalue weighted by Gasteiger charge is 2.28. The van der Waals surface area contributed by atoms with Crippen LogP contribution < -0.4 is 0 Å². The van der Waals surface area contributed by atoms with Gasteiger partial charge in [-0.15, -0.1) is 7.77 Å². The van der Waals surface area contributed by atoms with Gasteiger partial charge in [0.05, 0.1) is 9.79 Å². The lowest BCUT2D eigenvalue weighted by molar-refractivity contribution is 0.597. The van der Waals surface area contributed by atoms with Gasteiger partial charge in [0.15, 0.2) is 0 Å². The first-order valence-corrected chi connectivity index (χ1v) is 6.96. The van der Waals surface area contributed by atoms with Crippen molar-refractivity contribution in [2.75, 3.05) is 0 Å². The fourth-order valence-electron chi connectivity index (χ4n) is 1.05. The molecule has 0 aliphatic carbocycles. The van der Waals surface area contributed by atoms with Gasteiger partial charge in [-0.1, -0.05) is 12.1 Å². The highest BCUT2D eigenvalue weighted by atomic mass is 32.3. The minimum atomic E-state index is -5.66. The third kappa shape index (κ3) is 2.48. The van der Waals surface area contributed by atoms with Gasteiger partial charge >= 0.3 is 10.7 Å². The molecule has 0 saturated carbocycles. The molecule has 0 aliphatic rings. The third-order valence-electron chi connectivity index (χ3n) is 1.81. The number of hydrogen-bond acceptors (Lipinski definition) is 2. The van der Waals surface area contributed by atoms with E-state index in [9.17, 15) is 33.8 Å². The van der Waals surface area contributed by atoms with E-state index in [0.717, 1.165) is 12.1 Å². The molecular formula is C8H4F6O2S2. The van der Waals surface area contributed by atoms with Gasteiger partial charge in [0.2, 0.25) is 19.8 Å². The van der Waals surface area contributed by atoms with E-state index in [0.29, 0.717) is 12.1 Å². The summed E-state index contributed by atoms with van der Waals surface area (Å²) in [6.45, 7) is 0. The molecular weight excluding hydrogens is 306 g/mol. The molecule has 0 bridgehead atoms. The standard InChI is InChI=1S/C8H4F6O2S2/c9-7(10)17(13,15)5-3-1-2-4-6(5)18(14,16)8(11)12/h1-4H. The summed E-state index contributed by atoms with van der Waals surface area (Å²) in [6.07, 6.45) is 0. The molecule has 18 heavy (non-hydrogen) atoms. The summed E-state index contributed by atoms with van der Waals surface area (Å²) in [5, 5.41) is -6.44. The zero-order valence-corrected chi connectivity index (χ0v) is 9.84. The van der Waals surface area contributed by atoms with E-state index in [2.05, 4.69) is 0 Å². The monoisotopic (exact) mass is 310 g/mol. The van der Waals surface area contributed by atoms with Crippen molar-refractivity contribution in [1.82, 2.24) is 0 Å². The molecule has 10 heteroatoms. The highest BCUT2D eigenvalue weighted by molar-refractivity contribution is 8.00. The second-order valence-electron chi connectivity index (χ2n) is 2.87. The lowest BCUT2D eigenvalue weighted by Gasteiger charge is -2.07. The zero-order valence-electron chi connectivity index (χ0n) is 8.21. The molecule has 102 valence electrons. The van der Waals surface area contributed by atoms with Crippen LogP contribution in [0.4, 0.5) is 25.3 Å². The molecule has 1 aromatic carbocycles. The van der Waals surface area contributed by atoms with Crippen LogP contribution in [0.15, 0.2) is 34.1 Å². The smallest absolute Gasteiger partial charge is 0.225 e. The molecule has 1 rings (SSSR count). The number of rotatable bonds is 2. The second kappa shape index (κ2) is 4.84. The van der Waals surface area contributed by atoms with Crippen molar-refractivity contribution < 1.29 is 33.8 Å². The van der Waals surface area contributed by atoms with Gasteiger partial charge in [0, 0.05) is 0 Å². The molecule has 0 N–H and O–H groups in total. The summed E-state index contributed by atoms with van der Waals surface area (Å²) in [4.78, 5) is -3.13. The summed E-state index contributed by atoms with van der Waals surface area (Å²) in [5.41, 5.74) is 0. The fraction of sp³-hybridized carbons (Fsp3) is 0. The van der Waals surface area contributed by atoms with Crippen molar-refractivity contribution in [1.29, 1.82) is 0 Å². The summed E-state index contributed by atoms with van der Waals surface area (Å²) in [5.74, 6) is 0. The summed E-state index contributed by atoms with van der Waals surface area (Å²) in [6, 6.07) is 2.54. The molecule has 0 spiro atoms. The van der Waals surface area contributed by atoms with Crippen molar-refractivity contribution in [2.24, 2.45) is 0 Å². The molecule has 0 aliphatic heterocycles. The lowest BCUT2D eigenvalue weighted by Crippen LogP contribution is -2.09. The van der Waals surface area contributed by atoms with Crippen LogP contribution in [0.3, 0.4) is 0 Å². The summed E-state index contributed by atoms with van der Waals surface area (Å²) < 4.78 is 96.8. The molecule has 0 aromatic heterocycles. The third-order valence-corrected chi connectivity index (χ3v) is 4.58. The molecule has 0 radical (unpaired) electrons. The first kappa shape index (κ1) is 14.9. The van der Waals surface area contributed by atoms with E-state index in [1.54, 1.807) is 0 Å². The van der Waals surface area contributed by atoms with Crippen LogP contribution in [0.1, 0.15) is 0 Å². The van der Waals surface area contributed by atoms with E-state index < -0.39 is 40.4 Å². The van der Waals surface area contributed by atoms with Crippen molar-refractivity contribution in [2.45, 2.75) is 9.79 Å². The van der Waals surface area contributed by atoms with Crippen LogP contribution in [-0.2, 0) is 19.8 Å². The maximum absolute atomic E-state index is 13.2. The Morgan fingerprint density at radius 2 is 1.06 bits per heavy atom. The minimum Gasteiger partial charge on any atom is -0.225 e. The van der Waals surface area contributed by atoms with E-state index in [4.69, 9.17) is 0 Å². The van der Waals surface area contributed by atoms with E-state index in [1.807, 2.05) is 0 Å². The number of halogens is 6. The topological polar surface area (TPSA) is 34.1 Å². The zero-order chi connectivity index (χ0) is 14.1. The van der Waals surface area contributed by atoms with Crippen LogP contribution in [0.2, 0.25) is 0 Å². The Hall–Kier alpha value is -1.16. The van der Waals surface area contributed by atoms with Crippen LogP contribution in [0.5, 0.6) is 0 Å². The van der Waals surface area contributed by atoms with E-state index in [1.165, 1.54) is 0 Å². The van der Waals surface area contributed by atoms with Crippen LogP contribution in [0.25, 0.3) is 0 Å². The molecule has 0 heterocycles. The molecule has 0 fully saturated rings. The van der Waals surface area contributed by atoms with Gasteiger partial charge in [-0.2, -0.15) is 17.6 Å². The van der Waals surface area contributed by atoms with Gasteiger partial charge in [0.1, 0.15) is 0 Å². The summed E-state index contributed by atoms with van der Waals surface area (Å²) in [7, 11) is -11.3.